The van der Waals surface area contributed by atoms with Crippen LogP contribution in [0.3, 0.4) is 0 Å². The molecule has 0 bridgehead atoms. The Morgan fingerprint density at radius 3 is 2.83 bits per heavy atom. The first-order valence-electron chi connectivity index (χ1n) is 5.76. The van der Waals surface area contributed by atoms with Crippen LogP contribution in [0.2, 0.25) is 0 Å². The number of nitrogens with zero attached hydrogens (tertiary/aromatic N) is 3. The first kappa shape index (κ1) is 12.7. The first-order valence-corrected chi connectivity index (χ1v) is 5.76. The Morgan fingerprint density at radius 2 is 2.22 bits per heavy atom. The second kappa shape index (κ2) is 5.24. The number of hydrogen-bond acceptors (Lipinski definition) is 4. The van der Waals surface area contributed by atoms with Crippen molar-refractivity contribution in [2.75, 3.05) is 0 Å². The molecule has 2 heterocycles. The van der Waals surface area contributed by atoms with Gasteiger partial charge in [-0.2, -0.15) is 5.10 Å². The van der Waals surface area contributed by atoms with Crippen molar-refractivity contribution in [2.24, 2.45) is 5.84 Å². The van der Waals surface area contributed by atoms with Gasteiger partial charge in [0.25, 0.3) is 0 Å². The minimum atomic E-state index is -0.382. The van der Waals surface area contributed by atoms with Crippen LogP contribution in [-0.4, -0.2) is 14.8 Å². The normalized spacial score (nSPS) is 12.7. The molecule has 1 unspecified atom stereocenters. The minimum absolute atomic E-state index is 0.325. The van der Waals surface area contributed by atoms with Crippen LogP contribution in [0.25, 0.3) is 0 Å². The summed E-state index contributed by atoms with van der Waals surface area (Å²) in [5.74, 6) is 5.20. The van der Waals surface area contributed by atoms with Crippen molar-refractivity contribution in [1.29, 1.82) is 0 Å². The van der Waals surface area contributed by atoms with Crippen LogP contribution in [0.5, 0.6) is 0 Å². The quantitative estimate of drug-likeness (QED) is 0.633. The number of aryl methyl sites for hydroxylation is 2. The number of hydrogen-bond donors (Lipinski definition) is 2. The van der Waals surface area contributed by atoms with E-state index in [1.807, 2.05) is 24.6 Å². The van der Waals surface area contributed by atoms with Gasteiger partial charge in [-0.25, -0.2) is 9.82 Å². The lowest BCUT2D eigenvalue weighted by Crippen LogP contribution is -2.30. The van der Waals surface area contributed by atoms with Gasteiger partial charge in [0.15, 0.2) is 0 Å². The third kappa shape index (κ3) is 2.39. The second-order valence-corrected chi connectivity index (χ2v) is 4.06. The van der Waals surface area contributed by atoms with Gasteiger partial charge in [0, 0.05) is 12.7 Å². The van der Waals surface area contributed by atoms with Crippen LogP contribution in [0.4, 0.5) is 4.39 Å². The SMILES string of the molecule is CCn1nc(C)cc1C(NN)c1cncc(F)c1. The number of nitrogens with two attached hydrogens (primary N) is 1. The Balaban J connectivity index is 2.44. The van der Waals surface area contributed by atoms with Gasteiger partial charge in [0.2, 0.25) is 0 Å². The summed E-state index contributed by atoms with van der Waals surface area (Å²) in [6.45, 7) is 4.63. The molecule has 0 radical (unpaired) electrons. The predicted octanol–water partition coefficient (Wildman–Crippen LogP) is 1.30. The monoisotopic (exact) mass is 249 g/mol. The molecule has 2 rings (SSSR count). The van der Waals surface area contributed by atoms with Crippen LogP contribution in [-0.2, 0) is 6.54 Å². The molecule has 0 aromatic carbocycles. The fourth-order valence-corrected chi connectivity index (χ4v) is 1.99. The summed E-state index contributed by atoms with van der Waals surface area (Å²) in [4.78, 5) is 3.84. The molecule has 0 spiro atoms. The summed E-state index contributed by atoms with van der Waals surface area (Å²) in [7, 11) is 0. The van der Waals surface area contributed by atoms with Gasteiger partial charge in [0.05, 0.1) is 23.6 Å². The maximum atomic E-state index is 13.2. The van der Waals surface area contributed by atoms with Crippen LogP contribution < -0.4 is 11.3 Å². The van der Waals surface area contributed by atoms with E-state index in [-0.39, 0.29) is 11.9 Å². The van der Waals surface area contributed by atoms with E-state index in [2.05, 4.69) is 15.5 Å². The van der Waals surface area contributed by atoms with E-state index in [0.717, 1.165) is 17.9 Å². The highest BCUT2D eigenvalue weighted by Crippen LogP contribution is 2.22. The summed E-state index contributed by atoms with van der Waals surface area (Å²) >= 11 is 0. The van der Waals surface area contributed by atoms with Gasteiger partial charge < -0.3 is 0 Å². The highest BCUT2D eigenvalue weighted by Gasteiger charge is 2.18. The molecule has 2 aromatic rings. The van der Waals surface area contributed by atoms with E-state index in [0.29, 0.717) is 5.56 Å². The zero-order valence-corrected chi connectivity index (χ0v) is 10.4. The molecule has 0 aliphatic carbocycles. The molecule has 6 heteroatoms. The largest absolute Gasteiger partial charge is 0.271 e. The molecule has 2 aromatic heterocycles. The third-order valence-corrected chi connectivity index (χ3v) is 2.75. The number of aromatic nitrogens is 3. The number of pyridine rings is 1. The van der Waals surface area contributed by atoms with Crippen molar-refractivity contribution in [2.45, 2.75) is 26.4 Å². The number of rotatable bonds is 4. The highest BCUT2D eigenvalue weighted by molar-refractivity contribution is 5.26. The van der Waals surface area contributed by atoms with Crippen molar-refractivity contribution in [3.8, 4) is 0 Å². The summed E-state index contributed by atoms with van der Waals surface area (Å²) < 4.78 is 15.1. The summed E-state index contributed by atoms with van der Waals surface area (Å²) in [5.41, 5.74) is 5.15. The minimum Gasteiger partial charge on any atom is -0.271 e. The average molecular weight is 249 g/mol. The van der Waals surface area contributed by atoms with Crippen LogP contribution in [0, 0.1) is 12.7 Å². The van der Waals surface area contributed by atoms with E-state index in [1.165, 1.54) is 12.3 Å². The fraction of sp³-hybridized carbons (Fsp3) is 0.333. The maximum absolute atomic E-state index is 13.2. The van der Waals surface area contributed by atoms with Crippen LogP contribution in [0.15, 0.2) is 24.5 Å². The van der Waals surface area contributed by atoms with Crippen LogP contribution >= 0.6 is 0 Å². The number of nitrogens with one attached hydrogen (secondary N) is 1. The lowest BCUT2D eigenvalue weighted by Gasteiger charge is -2.17. The Bertz CT molecular complexity index is 537. The smallest absolute Gasteiger partial charge is 0.141 e. The van der Waals surface area contributed by atoms with Crippen molar-refractivity contribution < 1.29 is 4.39 Å². The zero-order valence-electron chi connectivity index (χ0n) is 10.4. The topological polar surface area (TPSA) is 68.8 Å². The van der Waals surface area contributed by atoms with Gasteiger partial charge in [-0.15, -0.1) is 0 Å². The van der Waals surface area contributed by atoms with E-state index in [1.54, 1.807) is 6.20 Å². The molecule has 0 aliphatic heterocycles. The van der Waals surface area contributed by atoms with Crippen molar-refractivity contribution in [3.63, 3.8) is 0 Å². The average Bonchev–Trinajstić information content (AvgIpc) is 2.71. The Labute approximate surface area is 105 Å². The van der Waals surface area contributed by atoms with Gasteiger partial charge in [-0.3, -0.25) is 15.5 Å². The fourth-order valence-electron chi connectivity index (χ4n) is 1.99. The molecule has 96 valence electrons. The van der Waals surface area contributed by atoms with Crippen molar-refractivity contribution in [3.05, 3.63) is 47.3 Å². The summed E-state index contributed by atoms with van der Waals surface area (Å²) in [6, 6.07) is 3.02. The number of hydrazine groups is 1. The number of halogens is 1. The Morgan fingerprint density at radius 1 is 1.44 bits per heavy atom. The van der Waals surface area contributed by atoms with Crippen molar-refractivity contribution in [1.82, 2.24) is 20.2 Å². The lowest BCUT2D eigenvalue weighted by atomic mass is 10.1. The first-order chi connectivity index (χ1) is 8.65. The molecule has 0 fully saturated rings. The predicted molar refractivity (Wildman–Crippen MR) is 66.0 cm³/mol. The molecule has 18 heavy (non-hydrogen) atoms. The summed E-state index contributed by atoms with van der Waals surface area (Å²) in [5, 5.41) is 4.35. The Kier molecular flexibility index (Phi) is 3.69. The van der Waals surface area contributed by atoms with Gasteiger partial charge in [-0.1, -0.05) is 0 Å². The molecule has 0 amide bonds. The van der Waals surface area contributed by atoms with E-state index < -0.39 is 0 Å². The maximum Gasteiger partial charge on any atom is 0.141 e. The molecule has 1 atom stereocenters. The summed E-state index contributed by atoms with van der Waals surface area (Å²) in [6.07, 6.45) is 2.76. The van der Waals surface area contributed by atoms with E-state index >= 15 is 0 Å². The molecule has 0 aliphatic rings. The highest BCUT2D eigenvalue weighted by atomic mass is 19.1. The molecular weight excluding hydrogens is 233 g/mol. The van der Waals surface area contributed by atoms with E-state index in [4.69, 9.17) is 5.84 Å². The molecule has 0 saturated carbocycles. The van der Waals surface area contributed by atoms with E-state index in [9.17, 15) is 4.39 Å². The van der Waals surface area contributed by atoms with Crippen LogP contribution in [0.1, 0.15) is 29.9 Å². The van der Waals surface area contributed by atoms with Gasteiger partial charge in [0.1, 0.15) is 5.82 Å². The lowest BCUT2D eigenvalue weighted by molar-refractivity contribution is 0.536. The van der Waals surface area contributed by atoms with Gasteiger partial charge in [-0.05, 0) is 31.5 Å². The standard InChI is InChI=1S/C12H16FN5/c1-3-18-11(4-8(2)17-18)12(16-14)9-5-10(13)7-15-6-9/h4-7,12,16H,3,14H2,1-2H3. The third-order valence-electron chi connectivity index (χ3n) is 2.75. The Hall–Kier alpha value is -1.79. The second-order valence-electron chi connectivity index (χ2n) is 4.06. The molecular formula is C12H16FN5. The molecule has 0 saturated heterocycles. The van der Waals surface area contributed by atoms with Crippen molar-refractivity contribution >= 4 is 0 Å². The molecule has 5 nitrogen and oxygen atoms in total. The van der Waals surface area contributed by atoms with Gasteiger partial charge >= 0.3 is 0 Å². The molecule has 3 N–H and O–H groups in total. The zero-order chi connectivity index (χ0) is 13.1.